The summed E-state index contributed by atoms with van der Waals surface area (Å²) >= 11 is 0. The molecule has 0 aliphatic carbocycles. The zero-order valence-corrected chi connectivity index (χ0v) is 9.64. The van der Waals surface area contributed by atoms with Gasteiger partial charge in [-0.15, -0.1) is 0 Å². The largest absolute Gasteiger partial charge is 0.238 e. The predicted octanol–water partition coefficient (Wildman–Crippen LogP) is 1.92. The van der Waals surface area contributed by atoms with Gasteiger partial charge in [-0.1, -0.05) is 32.9 Å². The van der Waals surface area contributed by atoms with Crippen molar-refractivity contribution in [2.24, 2.45) is 5.14 Å². The van der Waals surface area contributed by atoms with Gasteiger partial charge in [-0.2, -0.15) is 0 Å². The van der Waals surface area contributed by atoms with E-state index in [0.717, 1.165) is 12.0 Å². The van der Waals surface area contributed by atoms with Gasteiger partial charge in [0.05, 0.1) is 4.90 Å². The summed E-state index contributed by atoms with van der Waals surface area (Å²) in [5.74, 6) is 0. The highest BCUT2D eigenvalue weighted by Crippen LogP contribution is 2.09. The SMILES string of the molecule is CC.CCc1cccc(S(N)(=O)=O)c1. The molecule has 3 nitrogen and oxygen atoms in total. The monoisotopic (exact) mass is 215 g/mol. The Kier molecular flexibility index (Phi) is 5.42. The van der Waals surface area contributed by atoms with Crippen LogP contribution < -0.4 is 5.14 Å². The lowest BCUT2D eigenvalue weighted by Gasteiger charge is -1.99. The fourth-order valence-electron chi connectivity index (χ4n) is 0.942. The molecule has 0 aromatic heterocycles. The number of benzene rings is 1. The van der Waals surface area contributed by atoms with E-state index in [4.69, 9.17) is 5.14 Å². The standard InChI is InChI=1S/C8H11NO2S.C2H6/c1-2-7-4-3-5-8(6-7)12(9,10)11;1-2/h3-6H,2H2,1H3,(H2,9,10,11);1-2H3. The first-order chi connectivity index (χ1) is 6.54. The molecule has 0 amide bonds. The van der Waals surface area contributed by atoms with Gasteiger partial charge in [-0.25, -0.2) is 13.6 Å². The van der Waals surface area contributed by atoms with E-state index in [2.05, 4.69) is 0 Å². The number of sulfonamides is 1. The minimum atomic E-state index is -3.54. The lowest BCUT2D eigenvalue weighted by Crippen LogP contribution is -2.12. The van der Waals surface area contributed by atoms with Crippen LogP contribution in [0.5, 0.6) is 0 Å². The van der Waals surface area contributed by atoms with Crippen molar-refractivity contribution in [1.29, 1.82) is 0 Å². The van der Waals surface area contributed by atoms with Gasteiger partial charge in [0.15, 0.2) is 0 Å². The van der Waals surface area contributed by atoms with Crippen molar-refractivity contribution in [3.8, 4) is 0 Å². The Balaban J connectivity index is 0.000000791. The van der Waals surface area contributed by atoms with Gasteiger partial charge in [0.1, 0.15) is 0 Å². The smallest absolute Gasteiger partial charge is 0.225 e. The molecule has 0 spiro atoms. The predicted molar refractivity (Wildman–Crippen MR) is 58.5 cm³/mol. The molecule has 0 fully saturated rings. The van der Waals surface area contributed by atoms with Gasteiger partial charge < -0.3 is 0 Å². The van der Waals surface area contributed by atoms with Crippen LogP contribution in [0.15, 0.2) is 29.2 Å². The number of rotatable bonds is 2. The second-order valence-corrected chi connectivity index (χ2v) is 4.11. The van der Waals surface area contributed by atoms with Crippen molar-refractivity contribution in [2.45, 2.75) is 32.1 Å². The summed E-state index contributed by atoms with van der Waals surface area (Å²) in [7, 11) is -3.54. The minimum Gasteiger partial charge on any atom is -0.225 e. The molecule has 0 aliphatic heterocycles. The van der Waals surface area contributed by atoms with Gasteiger partial charge in [0.2, 0.25) is 10.0 Å². The van der Waals surface area contributed by atoms with Crippen LogP contribution in [0.1, 0.15) is 26.3 Å². The summed E-state index contributed by atoms with van der Waals surface area (Å²) in [6.45, 7) is 5.96. The zero-order valence-electron chi connectivity index (χ0n) is 8.82. The summed E-state index contributed by atoms with van der Waals surface area (Å²) < 4.78 is 21.8. The number of hydrogen-bond acceptors (Lipinski definition) is 2. The van der Waals surface area contributed by atoms with Crippen LogP contribution in [-0.2, 0) is 16.4 Å². The molecule has 0 heterocycles. The average molecular weight is 215 g/mol. The lowest BCUT2D eigenvalue weighted by molar-refractivity contribution is 0.597. The molecule has 0 saturated carbocycles. The molecule has 1 rings (SSSR count). The lowest BCUT2D eigenvalue weighted by atomic mass is 10.2. The van der Waals surface area contributed by atoms with E-state index in [0.29, 0.717) is 0 Å². The summed E-state index contributed by atoms with van der Waals surface area (Å²) in [4.78, 5) is 0.182. The maximum atomic E-state index is 10.9. The molecule has 0 unspecified atom stereocenters. The quantitative estimate of drug-likeness (QED) is 0.819. The van der Waals surface area contributed by atoms with Gasteiger partial charge in [0, 0.05) is 0 Å². The highest BCUT2D eigenvalue weighted by molar-refractivity contribution is 7.89. The fourth-order valence-corrected chi connectivity index (χ4v) is 1.53. The number of nitrogens with two attached hydrogens (primary N) is 1. The molecule has 1 aromatic rings. The Labute approximate surface area is 86.0 Å². The van der Waals surface area contributed by atoms with Crippen LogP contribution in [-0.4, -0.2) is 8.42 Å². The molecule has 0 saturated heterocycles. The van der Waals surface area contributed by atoms with Crippen molar-refractivity contribution in [3.63, 3.8) is 0 Å². The molecular formula is C10H17NO2S. The van der Waals surface area contributed by atoms with E-state index in [1.807, 2.05) is 26.8 Å². The highest BCUT2D eigenvalue weighted by atomic mass is 32.2. The maximum absolute atomic E-state index is 10.9. The summed E-state index contributed by atoms with van der Waals surface area (Å²) in [5, 5.41) is 4.95. The van der Waals surface area contributed by atoms with E-state index in [1.54, 1.807) is 12.1 Å². The van der Waals surface area contributed by atoms with Crippen LogP contribution in [0.4, 0.5) is 0 Å². The Bertz CT molecular complexity index is 371. The first-order valence-corrected chi connectivity index (χ1v) is 6.20. The molecular weight excluding hydrogens is 198 g/mol. The van der Waals surface area contributed by atoms with E-state index in [-0.39, 0.29) is 4.90 Å². The molecule has 0 aliphatic rings. The Morgan fingerprint density at radius 2 is 1.86 bits per heavy atom. The third kappa shape index (κ3) is 3.89. The Hall–Kier alpha value is -0.870. The number of hydrogen-bond donors (Lipinski definition) is 1. The van der Waals surface area contributed by atoms with E-state index in [1.165, 1.54) is 6.07 Å². The van der Waals surface area contributed by atoms with Crippen LogP contribution in [0.2, 0.25) is 0 Å². The van der Waals surface area contributed by atoms with Crippen LogP contribution in [0.3, 0.4) is 0 Å². The van der Waals surface area contributed by atoms with Gasteiger partial charge in [0.25, 0.3) is 0 Å². The summed E-state index contributed by atoms with van der Waals surface area (Å²) in [5.41, 5.74) is 0.974. The number of aryl methyl sites for hydroxylation is 1. The van der Waals surface area contributed by atoms with Crippen molar-refractivity contribution in [2.75, 3.05) is 0 Å². The van der Waals surface area contributed by atoms with E-state index >= 15 is 0 Å². The molecule has 0 radical (unpaired) electrons. The van der Waals surface area contributed by atoms with Crippen molar-refractivity contribution < 1.29 is 8.42 Å². The first-order valence-electron chi connectivity index (χ1n) is 4.66. The molecule has 0 bridgehead atoms. The zero-order chi connectivity index (χ0) is 11.2. The van der Waals surface area contributed by atoms with Crippen molar-refractivity contribution in [3.05, 3.63) is 29.8 Å². The molecule has 80 valence electrons. The Morgan fingerprint density at radius 1 is 1.29 bits per heavy atom. The maximum Gasteiger partial charge on any atom is 0.238 e. The van der Waals surface area contributed by atoms with Crippen molar-refractivity contribution in [1.82, 2.24) is 0 Å². The normalized spacial score (nSPS) is 10.3. The second-order valence-electron chi connectivity index (χ2n) is 2.55. The summed E-state index contributed by atoms with van der Waals surface area (Å²) in [6.07, 6.45) is 0.809. The topological polar surface area (TPSA) is 60.2 Å². The third-order valence-electron chi connectivity index (χ3n) is 1.64. The van der Waals surface area contributed by atoms with Gasteiger partial charge in [-0.05, 0) is 24.1 Å². The fraction of sp³-hybridized carbons (Fsp3) is 0.400. The minimum absolute atomic E-state index is 0.182. The highest BCUT2D eigenvalue weighted by Gasteiger charge is 2.06. The van der Waals surface area contributed by atoms with Gasteiger partial charge in [-0.3, -0.25) is 0 Å². The van der Waals surface area contributed by atoms with Crippen LogP contribution >= 0.6 is 0 Å². The molecule has 1 aromatic carbocycles. The van der Waals surface area contributed by atoms with E-state index < -0.39 is 10.0 Å². The van der Waals surface area contributed by atoms with Crippen LogP contribution in [0, 0.1) is 0 Å². The second kappa shape index (κ2) is 5.78. The van der Waals surface area contributed by atoms with Crippen LogP contribution in [0.25, 0.3) is 0 Å². The summed E-state index contributed by atoms with van der Waals surface area (Å²) in [6, 6.07) is 6.65. The average Bonchev–Trinajstić information content (AvgIpc) is 2.20. The first kappa shape index (κ1) is 13.1. The van der Waals surface area contributed by atoms with Crippen molar-refractivity contribution >= 4 is 10.0 Å². The molecule has 0 atom stereocenters. The number of primary sulfonamides is 1. The molecule has 14 heavy (non-hydrogen) atoms. The Morgan fingerprint density at radius 3 is 2.29 bits per heavy atom. The molecule has 2 N–H and O–H groups in total. The third-order valence-corrected chi connectivity index (χ3v) is 2.55. The van der Waals surface area contributed by atoms with Gasteiger partial charge >= 0.3 is 0 Å². The van der Waals surface area contributed by atoms with E-state index in [9.17, 15) is 8.42 Å². The molecule has 4 heteroatoms.